The lowest BCUT2D eigenvalue weighted by molar-refractivity contribution is -0.754. The number of nitrogens with zero attached hydrogens (tertiary/aromatic N) is 5. The van der Waals surface area contributed by atoms with Gasteiger partial charge in [-0.2, -0.15) is 14.0 Å². The number of rotatable bonds is 13. The Morgan fingerprint density at radius 3 is 2.68 bits per heavy atom. The molecule has 0 spiro atoms. The van der Waals surface area contributed by atoms with Gasteiger partial charge >= 0.3 is 5.97 Å². The van der Waals surface area contributed by atoms with E-state index in [0.717, 1.165) is 28.0 Å². The summed E-state index contributed by atoms with van der Waals surface area (Å²) < 4.78 is 47.2. The minimum absolute atomic E-state index is 0.0480. The van der Waals surface area contributed by atoms with Gasteiger partial charge in [-0.15, -0.1) is 16.0 Å². The molecule has 1 saturated heterocycles. The van der Waals surface area contributed by atoms with Gasteiger partial charge in [0.1, 0.15) is 24.0 Å². The molecule has 0 saturated carbocycles. The second-order valence-electron chi connectivity index (χ2n) is 12.5. The number of nitrogen functional groups attached to an aromatic ring is 1. The second kappa shape index (κ2) is 13.6. The number of carboxylic acid groups (broad SMARTS) is 1. The number of aliphatic hydroxyl groups is 1. The number of anilines is 1. The Labute approximate surface area is 289 Å². The van der Waals surface area contributed by atoms with Gasteiger partial charge in [0, 0.05) is 11.9 Å². The van der Waals surface area contributed by atoms with Gasteiger partial charge in [0.05, 0.1) is 23.4 Å². The first-order chi connectivity index (χ1) is 23.3. The van der Waals surface area contributed by atoms with E-state index in [1.54, 1.807) is 6.07 Å². The minimum atomic E-state index is -5.28. The summed E-state index contributed by atoms with van der Waals surface area (Å²) in [5.41, 5.74) is 9.64. The van der Waals surface area contributed by atoms with Crippen molar-refractivity contribution in [2.75, 3.05) is 12.3 Å². The van der Waals surface area contributed by atoms with E-state index in [2.05, 4.69) is 19.7 Å². The molecular formula is C29H36N8O11S2. The number of hydrogen-bond donors (Lipinski definition) is 5. The van der Waals surface area contributed by atoms with Crippen LogP contribution in [0.5, 0.6) is 5.75 Å². The number of hydroxylamine groups is 2. The maximum Gasteiger partial charge on any atom is 0.354 e. The van der Waals surface area contributed by atoms with E-state index in [4.69, 9.17) is 21.0 Å². The first-order valence-corrected chi connectivity index (χ1v) is 17.3. The normalized spacial score (nSPS) is 20.6. The van der Waals surface area contributed by atoms with E-state index >= 15 is 0 Å². The Kier molecular flexibility index (Phi) is 9.93. The van der Waals surface area contributed by atoms with Crippen LogP contribution < -0.4 is 26.2 Å². The number of aliphatic carboxylic acids is 1. The van der Waals surface area contributed by atoms with Crippen LogP contribution in [0.4, 0.5) is 5.13 Å². The number of aliphatic hydroxyl groups excluding tert-OH is 1. The molecule has 0 radical (unpaired) electrons. The number of nitrogens with two attached hydrogens (primary N) is 2. The first kappa shape index (κ1) is 36.6. The van der Waals surface area contributed by atoms with E-state index in [1.807, 2.05) is 40.9 Å². The van der Waals surface area contributed by atoms with Gasteiger partial charge in [0.2, 0.25) is 16.6 Å². The predicted molar refractivity (Wildman–Crippen MR) is 173 cm³/mol. The Bertz CT molecular complexity index is 1960. The molecule has 4 heterocycles. The lowest BCUT2D eigenvalue weighted by Crippen LogP contribution is -2.76. The quantitative estimate of drug-likeness (QED) is 0.0344. The Balaban J connectivity index is 1.36. The number of oxime groups is 1. The van der Waals surface area contributed by atoms with Crippen molar-refractivity contribution in [3.05, 3.63) is 47.2 Å². The maximum atomic E-state index is 13.5. The van der Waals surface area contributed by atoms with E-state index in [9.17, 15) is 37.6 Å². The third kappa shape index (κ3) is 7.27. The molecule has 0 unspecified atom stereocenters. The summed E-state index contributed by atoms with van der Waals surface area (Å²) in [5, 5.41) is 28.3. The van der Waals surface area contributed by atoms with E-state index < -0.39 is 63.3 Å². The summed E-state index contributed by atoms with van der Waals surface area (Å²) in [6, 6.07) is 4.09. The number of thiazole rings is 1. The molecule has 50 heavy (non-hydrogen) atoms. The molecule has 2 aliphatic rings. The average Bonchev–Trinajstić information content (AvgIpc) is 3.65. The average molecular weight is 737 g/mol. The van der Waals surface area contributed by atoms with Crippen LogP contribution in [0, 0.1) is 0 Å². The third-order valence-corrected chi connectivity index (χ3v) is 9.50. The fourth-order valence-corrected chi connectivity index (χ4v) is 6.53. The van der Waals surface area contributed by atoms with Crippen molar-refractivity contribution >= 4 is 50.4 Å². The number of carboxylic acids is 1. The van der Waals surface area contributed by atoms with Crippen LogP contribution in [-0.2, 0) is 53.9 Å². The smallest absolute Gasteiger partial charge is 0.354 e. The summed E-state index contributed by atoms with van der Waals surface area (Å²) in [7, 11) is -3.44. The molecule has 2 aromatic heterocycles. The van der Waals surface area contributed by atoms with Gasteiger partial charge in [-0.05, 0) is 56.9 Å². The van der Waals surface area contributed by atoms with Gasteiger partial charge in [0.25, 0.3) is 17.4 Å². The Morgan fingerprint density at radius 1 is 1.36 bits per heavy atom. The molecule has 0 bridgehead atoms. The highest BCUT2D eigenvalue weighted by Crippen LogP contribution is 2.37. The molecule has 1 fully saturated rings. The highest BCUT2D eigenvalue weighted by molar-refractivity contribution is 7.80. The van der Waals surface area contributed by atoms with Gasteiger partial charge in [-0.25, -0.2) is 18.2 Å². The summed E-state index contributed by atoms with van der Waals surface area (Å²) in [6.07, 6.45) is 2.61. The molecule has 270 valence electrons. The van der Waals surface area contributed by atoms with Gasteiger partial charge in [0.15, 0.2) is 24.0 Å². The standard InChI is InChI=1S/C29H36N8O11S2/c1-28(2)23(25(40)37(28)48-50(43,44)45)33-24(39)22(19-14-49-27(31)32-19)34-47-29(3,26(41)42)21-8-6-16-9-15(5-7-20(16)46-21)17-11-35(4)36(12-17)13-18(38)10-30/h5,7,9,11-12,14,18,21,23,38H,6,8,10,13,30H2,1-4H3,(H4-,31,32,33,39,41,42,43,44,45)/b34-22-/t18-,21+,23+,29-/m0/s1. The molecule has 2 aliphatic heterocycles. The van der Waals surface area contributed by atoms with Crippen molar-refractivity contribution in [1.29, 1.82) is 0 Å². The molecular weight excluding hydrogens is 700 g/mol. The summed E-state index contributed by atoms with van der Waals surface area (Å²) in [4.78, 5) is 48.3. The predicted octanol–water partition coefficient (Wildman–Crippen LogP) is -1.21. The van der Waals surface area contributed by atoms with Gasteiger partial charge < -0.3 is 41.1 Å². The molecule has 19 nitrogen and oxygen atoms in total. The van der Waals surface area contributed by atoms with Crippen LogP contribution in [0.1, 0.15) is 38.4 Å². The molecule has 7 N–H and O–H groups in total. The summed E-state index contributed by atoms with van der Waals surface area (Å²) >= 11 is 0.955. The van der Waals surface area contributed by atoms with Gasteiger partial charge in [-0.1, -0.05) is 11.2 Å². The maximum absolute atomic E-state index is 13.5. The first-order valence-electron chi connectivity index (χ1n) is 15.1. The van der Waals surface area contributed by atoms with Crippen LogP contribution in [0.15, 0.2) is 41.1 Å². The van der Waals surface area contributed by atoms with Crippen molar-refractivity contribution in [3.63, 3.8) is 0 Å². The zero-order valence-corrected chi connectivity index (χ0v) is 28.9. The molecule has 21 heteroatoms. The van der Waals surface area contributed by atoms with Crippen LogP contribution in [-0.4, -0.2) is 97.3 Å². The topological polar surface area (TPSA) is 278 Å². The number of fused-ring (bicyclic) bond motifs is 1. The zero-order chi connectivity index (χ0) is 36.8. The monoisotopic (exact) mass is 736 g/mol. The lowest BCUT2D eigenvalue weighted by Gasteiger charge is -2.51. The van der Waals surface area contributed by atoms with Crippen molar-refractivity contribution in [2.45, 2.75) is 69.5 Å². The number of amides is 2. The van der Waals surface area contributed by atoms with E-state index in [-0.39, 0.29) is 23.8 Å². The number of benzene rings is 1. The van der Waals surface area contributed by atoms with Crippen molar-refractivity contribution in [1.82, 2.24) is 20.0 Å². The molecule has 5 rings (SSSR count). The Morgan fingerprint density at radius 2 is 2.08 bits per heavy atom. The number of nitrogens with one attached hydrogen (secondary N) is 1. The highest BCUT2D eigenvalue weighted by atomic mass is 32.3. The number of hydrogen-bond acceptors (Lipinski definition) is 15. The molecule has 1 aromatic carbocycles. The number of aryl methyl sites for hydroxylation is 2. The Hall–Kier alpha value is -4.67. The molecule has 2 amide bonds. The third-order valence-electron chi connectivity index (χ3n) is 8.49. The molecule has 0 aliphatic carbocycles. The molecule has 4 atom stereocenters. The number of carbonyl (C=O) groups excluding carboxylic acids is 2. The van der Waals surface area contributed by atoms with E-state index in [0.29, 0.717) is 23.8 Å². The lowest BCUT2D eigenvalue weighted by atomic mass is 9.84. The van der Waals surface area contributed by atoms with Crippen molar-refractivity contribution < 1.29 is 56.1 Å². The van der Waals surface area contributed by atoms with Crippen LogP contribution in [0.2, 0.25) is 0 Å². The molecule has 3 aromatic rings. The summed E-state index contributed by atoms with van der Waals surface area (Å²) in [6.45, 7) is 4.36. The summed E-state index contributed by atoms with van der Waals surface area (Å²) in [5.74, 6) is -3.10. The fourth-order valence-electron chi connectivity index (χ4n) is 5.53. The van der Waals surface area contributed by atoms with Crippen molar-refractivity contribution in [2.24, 2.45) is 17.9 Å². The minimum Gasteiger partial charge on any atom is -0.724 e. The second-order valence-corrected chi connectivity index (χ2v) is 14.3. The number of carbonyl (C=O) groups is 3. The van der Waals surface area contributed by atoms with Crippen molar-refractivity contribution in [3.8, 4) is 16.9 Å². The number of aromatic nitrogens is 3. The van der Waals surface area contributed by atoms with Crippen LogP contribution >= 0.6 is 11.3 Å². The fraction of sp³-hybridized carbons (Fsp3) is 0.448. The highest BCUT2D eigenvalue weighted by Gasteiger charge is 2.57. The largest absolute Gasteiger partial charge is 0.724 e. The number of ether oxygens (including phenoxy) is 1. The van der Waals surface area contributed by atoms with Gasteiger partial charge in [-0.3, -0.25) is 9.59 Å². The van der Waals surface area contributed by atoms with E-state index in [1.165, 1.54) is 26.2 Å². The zero-order valence-electron chi connectivity index (χ0n) is 27.3. The van der Waals surface area contributed by atoms with Crippen LogP contribution in [0.3, 0.4) is 0 Å². The number of β-lactam (4-membered cyclic amide) rings is 1. The SMILES string of the molecule is C[n+]1cc(-c2ccc3c(c2)CC[C@H]([C@](C)(O/N=C(\C(=O)N[C@@H]2C(=O)N(OS(=O)(=O)[O-])C2(C)C)c2csc(N)n2)C(=O)O)O3)cn1C[C@@H](O)CN. The van der Waals surface area contributed by atoms with Crippen LogP contribution in [0.25, 0.3) is 11.1 Å².